The molecular weight excluding hydrogens is 582 g/mol. The van der Waals surface area contributed by atoms with E-state index in [1.54, 1.807) is 30.3 Å². The Hall–Kier alpha value is -4.07. The number of ether oxygens (including phenoxy) is 2. The van der Waals surface area contributed by atoms with Gasteiger partial charge in [-0.25, -0.2) is 0 Å². The van der Waals surface area contributed by atoms with Crippen molar-refractivity contribution in [3.8, 4) is 17.6 Å². The van der Waals surface area contributed by atoms with E-state index in [1.807, 2.05) is 44.2 Å². The number of nitrogens with one attached hydrogen (secondary N) is 1. The summed E-state index contributed by atoms with van der Waals surface area (Å²) in [5, 5.41) is 11.2. The highest BCUT2D eigenvalue weighted by atomic mass is 79.9. The quantitative estimate of drug-likeness (QED) is 0.304. The van der Waals surface area contributed by atoms with Gasteiger partial charge in [0, 0.05) is 5.69 Å². The first-order chi connectivity index (χ1) is 18.7. The zero-order chi connectivity index (χ0) is 28.1. The number of benzene rings is 3. The molecule has 1 heterocycles. The molecule has 39 heavy (non-hydrogen) atoms. The smallest absolute Gasteiger partial charge is 0.294 e. The average molecular weight is 606 g/mol. The first kappa shape index (κ1) is 28.0. The van der Waals surface area contributed by atoms with Gasteiger partial charge in [0.1, 0.15) is 13.2 Å². The van der Waals surface area contributed by atoms with Crippen molar-refractivity contribution >= 4 is 56.5 Å². The predicted molar refractivity (Wildman–Crippen MR) is 153 cm³/mol. The Labute approximate surface area is 238 Å². The van der Waals surface area contributed by atoms with Crippen molar-refractivity contribution < 1.29 is 23.9 Å². The third-order valence-electron chi connectivity index (χ3n) is 5.70. The number of carbonyl (C=O) groups excluding carboxylic acids is 3. The minimum atomic E-state index is -0.545. The molecule has 0 spiro atoms. The van der Waals surface area contributed by atoms with Gasteiger partial charge < -0.3 is 14.8 Å². The molecule has 0 unspecified atom stereocenters. The predicted octanol–water partition coefficient (Wildman–Crippen LogP) is 6.20. The van der Waals surface area contributed by atoms with Crippen molar-refractivity contribution in [2.45, 2.75) is 20.5 Å². The first-order valence-electron chi connectivity index (χ1n) is 11.8. The summed E-state index contributed by atoms with van der Waals surface area (Å²) >= 11 is 4.27. The van der Waals surface area contributed by atoms with Crippen molar-refractivity contribution in [1.29, 1.82) is 5.26 Å². The summed E-state index contributed by atoms with van der Waals surface area (Å²) in [6.45, 7) is 3.71. The maximum Gasteiger partial charge on any atom is 0.294 e. The van der Waals surface area contributed by atoms with Crippen LogP contribution in [0.25, 0.3) is 6.08 Å². The van der Waals surface area contributed by atoms with Gasteiger partial charge >= 0.3 is 0 Å². The molecule has 4 rings (SSSR count). The van der Waals surface area contributed by atoms with Crippen molar-refractivity contribution in [2.75, 3.05) is 19.0 Å². The van der Waals surface area contributed by atoms with Crippen LogP contribution in [0.15, 0.2) is 64.0 Å². The van der Waals surface area contributed by atoms with Gasteiger partial charge in [-0.05, 0) is 106 Å². The Balaban J connectivity index is 1.46. The number of imide groups is 1. The number of amides is 3. The highest BCUT2D eigenvalue weighted by Crippen LogP contribution is 2.39. The molecule has 3 amide bonds. The molecule has 1 fully saturated rings. The minimum absolute atomic E-state index is 0.194. The van der Waals surface area contributed by atoms with E-state index in [0.717, 1.165) is 33.4 Å². The highest BCUT2D eigenvalue weighted by molar-refractivity contribution is 9.10. The molecule has 1 N–H and O–H groups in total. The molecule has 3 aromatic rings. The van der Waals surface area contributed by atoms with Crippen LogP contribution in [0.4, 0.5) is 10.5 Å². The maximum atomic E-state index is 13.0. The van der Waals surface area contributed by atoms with Crippen LogP contribution < -0.4 is 14.8 Å². The Morgan fingerprint density at radius 1 is 1.10 bits per heavy atom. The Kier molecular flexibility index (Phi) is 8.74. The first-order valence-corrected chi connectivity index (χ1v) is 13.4. The maximum absolute atomic E-state index is 13.0. The van der Waals surface area contributed by atoms with Gasteiger partial charge in [-0.2, -0.15) is 5.26 Å². The summed E-state index contributed by atoms with van der Waals surface area (Å²) in [7, 11) is 1.50. The molecule has 8 nitrogen and oxygen atoms in total. The van der Waals surface area contributed by atoms with E-state index in [9.17, 15) is 14.4 Å². The molecule has 0 radical (unpaired) electrons. The standard InChI is InChI=1S/C29H24BrN3O5S/c1-17-8-18(2)10-22(9-17)32-26(34)15-33-28(35)25(39-29(33)36)13-21-11-23(30)27(24(12-21)37-3)38-16-20-6-4-19(14-31)5-7-20/h4-13H,15-16H2,1-3H3,(H,32,34)/b25-13+. The summed E-state index contributed by atoms with van der Waals surface area (Å²) in [6, 6.07) is 18.2. The van der Waals surface area contributed by atoms with Crippen LogP contribution in [0.1, 0.15) is 27.8 Å². The Morgan fingerprint density at radius 3 is 2.44 bits per heavy atom. The second-order valence-corrected chi connectivity index (χ2v) is 10.7. The number of nitriles is 1. The molecule has 0 saturated carbocycles. The third-order valence-corrected chi connectivity index (χ3v) is 7.19. The Bertz CT molecular complexity index is 1510. The molecule has 10 heteroatoms. The molecule has 198 valence electrons. The second kappa shape index (κ2) is 12.2. The van der Waals surface area contributed by atoms with E-state index in [0.29, 0.717) is 32.8 Å². The molecule has 1 saturated heterocycles. The number of rotatable bonds is 8. The van der Waals surface area contributed by atoms with Crippen LogP contribution in [-0.2, 0) is 16.2 Å². The van der Waals surface area contributed by atoms with E-state index in [4.69, 9.17) is 14.7 Å². The lowest BCUT2D eigenvalue weighted by Gasteiger charge is -2.14. The fourth-order valence-electron chi connectivity index (χ4n) is 3.97. The number of methoxy groups -OCH3 is 1. The summed E-state index contributed by atoms with van der Waals surface area (Å²) in [4.78, 5) is 39.2. The minimum Gasteiger partial charge on any atom is -0.493 e. The van der Waals surface area contributed by atoms with Gasteiger partial charge in [0.15, 0.2) is 11.5 Å². The zero-order valence-corrected chi connectivity index (χ0v) is 23.8. The van der Waals surface area contributed by atoms with Gasteiger partial charge in [-0.3, -0.25) is 19.3 Å². The van der Waals surface area contributed by atoms with E-state index in [-0.39, 0.29) is 18.1 Å². The second-order valence-electron chi connectivity index (χ2n) is 8.82. The van der Waals surface area contributed by atoms with E-state index in [1.165, 1.54) is 7.11 Å². The SMILES string of the molecule is COc1cc(/C=C2/SC(=O)N(CC(=O)Nc3cc(C)cc(C)c3)C2=O)cc(Br)c1OCc1ccc(C#N)cc1. The molecule has 1 aliphatic rings. The summed E-state index contributed by atoms with van der Waals surface area (Å²) in [6.07, 6.45) is 1.57. The molecule has 0 atom stereocenters. The summed E-state index contributed by atoms with van der Waals surface area (Å²) in [5.74, 6) is -0.111. The molecule has 0 aromatic heterocycles. The fraction of sp³-hybridized carbons (Fsp3) is 0.172. The van der Waals surface area contributed by atoms with Gasteiger partial charge in [0.05, 0.1) is 28.1 Å². The van der Waals surface area contributed by atoms with Crippen molar-refractivity contribution in [2.24, 2.45) is 0 Å². The van der Waals surface area contributed by atoms with Gasteiger partial charge in [-0.1, -0.05) is 18.2 Å². The van der Waals surface area contributed by atoms with Crippen LogP contribution >= 0.6 is 27.7 Å². The topological polar surface area (TPSA) is 109 Å². The largest absolute Gasteiger partial charge is 0.493 e. The number of thioether (sulfide) groups is 1. The van der Waals surface area contributed by atoms with Crippen molar-refractivity contribution in [3.63, 3.8) is 0 Å². The number of nitrogens with zero attached hydrogens (tertiary/aromatic N) is 2. The molecule has 1 aliphatic heterocycles. The van der Waals surface area contributed by atoms with Crippen LogP contribution in [0.2, 0.25) is 0 Å². The zero-order valence-electron chi connectivity index (χ0n) is 21.4. The number of hydrogen-bond acceptors (Lipinski definition) is 7. The van der Waals surface area contributed by atoms with Crippen LogP contribution in [0.5, 0.6) is 11.5 Å². The lowest BCUT2D eigenvalue weighted by Crippen LogP contribution is -2.36. The van der Waals surface area contributed by atoms with Crippen molar-refractivity contribution in [1.82, 2.24) is 4.90 Å². The number of aryl methyl sites for hydroxylation is 2. The number of carbonyl (C=O) groups is 3. The van der Waals surface area contributed by atoms with Gasteiger partial charge in [0.25, 0.3) is 11.1 Å². The van der Waals surface area contributed by atoms with Crippen LogP contribution in [0.3, 0.4) is 0 Å². The highest BCUT2D eigenvalue weighted by Gasteiger charge is 2.36. The van der Waals surface area contributed by atoms with E-state index < -0.39 is 17.1 Å². The van der Waals surface area contributed by atoms with Crippen LogP contribution in [0, 0.1) is 25.2 Å². The normalized spacial score (nSPS) is 13.9. The Morgan fingerprint density at radius 2 is 1.79 bits per heavy atom. The van der Waals surface area contributed by atoms with Crippen LogP contribution in [-0.4, -0.2) is 35.6 Å². The molecular formula is C29H24BrN3O5S. The van der Waals surface area contributed by atoms with Gasteiger partial charge in [0.2, 0.25) is 5.91 Å². The molecule has 3 aromatic carbocycles. The van der Waals surface area contributed by atoms with E-state index in [2.05, 4.69) is 27.3 Å². The lowest BCUT2D eigenvalue weighted by molar-refractivity contribution is -0.127. The average Bonchev–Trinajstić information content (AvgIpc) is 3.14. The monoisotopic (exact) mass is 605 g/mol. The number of anilines is 1. The number of halogens is 1. The summed E-state index contributed by atoms with van der Waals surface area (Å²) < 4.78 is 12.0. The van der Waals surface area contributed by atoms with Crippen molar-refractivity contribution in [3.05, 3.63) is 91.8 Å². The fourth-order valence-corrected chi connectivity index (χ4v) is 5.39. The van der Waals surface area contributed by atoms with E-state index >= 15 is 0 Å². The molecule has 0 aliphatic carbocycles. The lowest BCUT2D eigenvalue weighted by atomic mass is 10.1. The van der Waals surface area contributed by atoms with Gasteiger partial charge in [-0.15, -0.1) is 0 Å². The number of hydrogen-bond donors (Lipinski definition) is 1. The third kappa shape index (κ3) is 6.88. The summed E-state index contributed by atoms with van der Waals surface area (Å²) in [5.41, 5.74) is 4.64. The molecule has 0 bridgehead atoms.